The average molecular weight is 407 g/mol. The van der Waals surface area contributed by atoms with E-state index in [1.165, 1.54) is 18.7 Å². The van der Waals surface area contributed by atoms with Crippen molar-refractivity contribution in [2.75, 3.05) is 51.8 Å². The zero-order chi connectivity index (χ0) is 20.5. The van der Waals surface area contributed by atoms with E-state index in [9.17, 15) is 0 Å². The van der Waals surface area contributed by atoms with E-state index in [0.717, 1.165) is 62.1 Å². The van der Waals surface area contributed by atoms with Crippen molar-refractivity contribution in [2.24, 2.45) is 0 Å². The third kappa shape index (κ3) is 3.63. The molecule has 7 heteroatoms. The third-order valence-corrected chi connectivity index (χ3v) is 6.43. The Morgan fingerprint density at radius 3 is 2.77 bits per heavy atom. The van der Waals surface area contributed by atoms with Crippen LogP contribution in [0.5, 0.6) is 5.88 Å². The number of ether oxygens (including phenoxy) is 1. The first-order chi connectivity index (χ1) is 14.7. The van der Waals surface area contributed by atoms with Crippen LogP contribution in [0.1, 0.15) is 30.1 Å². The van der Waals surface area contributed by atoms with Gasteiger partial charge in [-0.15, -0.1) is 0 Å². The Bertz CT molecular complexity index is 1010. The van der Waals surface area contributed by atoms with Gasteiger partial charge in [0.25, 0.3) is 0 Å². The summed E-state index contributed by atoms with van der Waals surface area (Å²) < 4.78 is 7.73. The summed E-state index contributed by atoms with van der Waals surface area (Å²) in [5.41, 5.74) is 3.32. The second kappa shape index (κ2) is 8.24. The molecule has 0 saturated carbocycles. The first kappa shape index (κ1) is 19.3. The number of fused-ring (bicyclic) bond motifs is 1. The van der Waals surface area contributed by atoms with E-state index in [0.29, 0.717) is 0 Å². The molecule has 7 nitrogen and oxygen atoms in total. The summed E-state index contributed by atoms with van der Waals surface area (Å²) in [6.07, 6.45) is 6.58. The number of imidazole rings is 1. The van der Waals surface area contributed by atoms with Gasteiger partial charge in [-0.1, -0.05) is 12.1 Å². The van der Waals surface area contributed by atoms with Gasteiger partial charge in [-0.25, -0.2) is 9.97 Å². The molecule has 158 valence electrons. The number of nitrogens with zero attached hydrogens (tertiary/aromatic N) is 6. The van der Waals surface area contributed by atoms with Crippen LogP contribution in [0, 0.1) is 0 Å². The minimum Gasteiger partial charge on any atom is -0.481 e. The largest absolute Gasteiger partial charge is 0.481 e. The topological polar surface area (TPSA) is 49.1 Å². The number of methoxy groups -OCH3 is 1. The SMILES string of the molecule is COc1ncccc1CN1CCN(C)[C@@H](c2cn3c(N4CCCC4)cccc3n2)C1. The molecule has 0 N–H and O–H groups in total. The van der Waals surface area contributed by atoms with Gasteiger partial charge in [-0.3, -0.25) is 14.2 Å². The van der Waals surface area contributed by atoms with Crippen LogP contribution in [0.4, 0.5) is 5.82 Å². The molecule has 0 bridgehead atoms. The normalized spacial score (nSPS) is 20.9. The minimum atomic E-state index is 0.271. The molecule has 30 heavy (non-hydrogen) atoms. The molecular formula is C23H30N6O. The summed E-state index contributed by atoms with van der Waals surface area (Å²) in [6.45, 7) is 6.09. The number of anilines is 1. The van der Waals surface area contributed by atoms with E-state index in [1.54, 1.807) is 13.3 Å². The maximum atomic E-state index is 5.45. The van der Waals surface area contributed by atoms with E-state index < -0.39 is 0 Å². The third-order valence-electron chi connectivity index (χ3n) is 6.43. The Morgan fingerprint density at radius 2 is 1.93 bits per heavy atom. The molecule has 5 rings (SSSR count). The minimum absolute atomic E-state index is 0.271. The highest BCUT2D eigenvalue weighted by Crippen LogP contribution is 2.28. The fraction of sp³-hybridized carbons (Fsp3) is 0.478. The van der Waals surface area contributed by atoms with Crippen LogP contribution in [0.25, 0.3) is 5.65 Å². The lowest BCUT2D eigenvalue weighted by Crippen LogP contribution is -2.46. The predicted molar refractivity (Wildman–Crippen MR) is 118 cm³/mol. The second-order valence-corrected chi connectivity index (χ2v) is 8.38. The maximum absolute atomic E-state index is 5.45. The molecule has 0 aromatic carbocycles. The summed E-state index contributed by atoms with van der Waals surface area (Å²) >= 11 is 0. The van der Waals surface area contributed by atoms with Crippen LogP contribution in [-0.2, 0) is 6.54 Å². The predicted octanol–water partition coefficient (Wildman–Crippen LogP) is 2.83. The highest BCUT2D eigenvalue weighted by molar-refractivity contribution is 5.53. The van der Waals surface area contributed by atoms with Crippen LogP contribution < -0.4 is 9.64 Å². The number of hydrogen-bond donors (Lipinski definition) is 0. The van der Waals surface area contributed by atoms with Gasteiger partial charge in [0.1, 0.15) is 11.5 Å². The van der Waals surface area contributed by atoms with Crippen molar-refractivity contribution in [1.29, 1.82) is 0 Å². The molecule has 5 heterocycles. The van der Waals surface area contributed by atoms with Crippen LogP contribution >= 0.6 is 0 Å². The van der Waals surface area contributed by atoms with Crippen molar-refractivity contribution in [3.63, 3.8) is 0 Å². The summed E-state index contributed by atoms with van der Waals surface area (Å²) in [5.74, 6) is 1.98. The second-order valence-electron chi connectivity index (χ2n) is 8.38. The summed E-state index contributed by atoms with van der Waals surface area (Å²) in [4.78, 5) is 16.8. The average Bonchev–Trinajstić information content (AvgIpc) is 3.45. The van der Waals surface area contributed by atoms with E-state index in [2.05, 4.69) is 61.6 Å². The molecule has 3 aromatic rings. The molecule has 0 amide bonds. The molecule has 0 spiro atoms. The van der Waals surface area contributed by atoms with Crippen LogP contribution in [0.2, 0.25) is 0 Å². The molecule has 0 aliphatic carbocycles. The highest BCUT2D eigenvalue weighted by atomic mass is 16.5. The Labute approximate surface area is 177 Å². The zero-order valence-corrected chi connectivity index (χ0v) is 17.9. The molecule has 2 saturated heterocycles. The van der Waals surface area contributed by atoms with Crippen molar-refractivity contribution in [1.82, 2.24) is 24.2 Å². The van der Waals surface area contributed by atoms with E-state index >= 15 is 0 Å². The fourth-order valence-electron chi connectivity index (χ4n) is 4.74. The maximum Gasteiger partial charge on any atom is 0.217 e. The van der Waals surface area contributed by atoms with Crippen molar-refractivity contribution in [3.05, 3.63) is 54.0 Å². The number of aromatic nitrogens is 3. The molecule has 2 aliphatic rings. The van der Waals surface area contributed by atoms with Crippen molar-refractivity contribution in [3.8, 4) is 5.88 Å². The van der Waals surface area contributed by atoms with Crippen LogP contribution in [0.3, 0.4) is 0 Å². The lowest BCUT2D eigenvalue weighted by atomic mass is 10.1. The smallest absolute Gasteiger partial charge is 0.217 e. The molecule has 2 aliphatic heterocycles. The molecule has 1 atom stereocenters. The standard InChI is InChI=1S/C23H30N6O/c1-26-13-14-27(15-18-7-6-10-24-23(18)30-2)17-20(26)19-16-29-21(25-19)8-5-9-22(29)28-11-3-4-12-28/h5-10,16,20H,3-4,11-15,17H2,1-2H3/t20-/m1/s1. The Balaban J connectivity index is 1.40. The molecule has 0 unspecified atom stereocenters. The van der Waals surface area contributed by atoms with E-state index in [-0.39, 0.29) is 6.04 Å². The Morgan fingerprint density at radius 1 is 1.07 bits per heavy atom. The van der Waals surface area contributed by atoms with E-state index in [1.807, 2.05) is 6.07 Å². The van der Waals surface area contributed by atoms with Gasteiger partial charge in [0.2, 0.25) is 5.88 Å². The van der Waals surface area contributed by atoms with Gasteiger partial charge < -0.3 is 9.64 Å². The Hall–Kier alpha value is -2.64. The fourth-order valence-corrected chi connectivity index (χ4v) is 4.74. The van der Waals surface area contributed by atoms with Crippen LogP contribution in [-0.4, -0.2) is 71.0 Å². The van der Waals surface area contributed by atoms with Gasteiger partial charge in [0.05, 0.1) is 18.8 Å². The summed E-state index contributed by atoms with van der Waals surface area (Å²) in [5, 5.41) is 0. The first-order valence-corrected chi connectivity index (χ1v) is 10.9. The Kier molecular flexibility index (Phi) is 5.31. The summed E-state index contributed by atoms with van der Waals surface area (Å²) in [7, 11) is 3.89. The van der Waals surface area contributed by atoms with Crippen molar-refractivity contribution < 1.29 is 4.74 Å². The lowest BCUT2D eigenvalue weighted by Gasteiger charge is -2.38. The molecule has 2 fully saturated rings. The monoisotopic (exact) mass is 406 g/mol. The molecular weight excluding hydrogens is 376 g/mol. The first-order valence-electron chi connectivity index (χ1n) is 10.9. The quantitative estimate of drug-likeness (QED) is 0.649. The number of likely N-dealkylation sites (N-methyl/N-ethyl adjacent to an activating group) is 1. The molecule has 3 aromatic heterocycles. The number of hydrogen-bond acceptors (Lipinski definition) is 6. The number of rotatable bonds is 5. The van der Waals surface area contributed by atoms with Crippen molar-refractivity contribution in [2.45, 2.75) is 25.4 Å². The number of piperazine rings is 1. The van der Waals surface area contributed by atoms with Crippen molar-refractivity contribution >= 4 is 11.5 Å². The van der Waals surface area contributed by atoms with Gasteiger partial charge in [0.15, 0.2) is 0 Å². The summed E-state index contributed by atoms with van der Waals surface area (Å²) in [6, 6.07) is 10.8. The van der Waals surface area contributed by atoms with Gasteiger partial charge in [0, 0.05) is 57.2 Å². The van der Waals surface area contributed by atoms with Gasteiger partial charge in [-0.2, -0.15) is 0 Å². The highest BCUT2D eigenvalue weighted by Gasteiger charge is 2.29. The molecule has 0 radical (unpaired) electrons. The zero-order valence-electron chi connectivity index (χ0n) is 17.9. The number of pyridine rings is 2. The lowest BCUT2D eigenvalue weighted by molar-refractivity contribution is 0.0878. The van der Waals surface area contributed by atoms with E-state index in [4.69, 9.17) is 9.72 Å². The van der Waals surface area contributed by atoms with Gasteiger partial charge >= 0.3 is 0 Å². The van der Waals surface area contributed by atoms with Crippen LogP contribution in [0.15, 0.2) is 42.7 Å². The van der Waals surface area contributed by atoms with Gasteiger partial charge in [-0.05, 0) is 38.1 Å².